The molecule has 0 amide bonds. The predicted octanol–water partition coefficient (Wildman–Crippen LogP) is 4.16. The van der Waals surface area contributed by atoms with E-state index in [0.717, 1.165) is 43.4 Å². The molecule has 0 aliphatic heterocycles. The topological polar surface area (TPSA) is 40.5 Å². The molecule has 116 valence electrons. The summed E-state index contributed by atoms with van der Waals surface area (Å²) in [6.07, 6.45) is 4.67. The van der Waals surface area contributed by atoms with Crippen molar-refractivity contribution in [2.75, 3.05) is 19.0 Å². The van der Waals surface area contributed by atoms with Gasteiger partial charge in [-0.15, -0.1) is 0 Å². The van der Waals surface area contributed by atoms with Crippen LogP contribution in [0.4, 0.5) is 5.69 Å². The third-order valence-electron chi connectivity index (χ3n) is 4.80. The van der Waals surface area contributed by atoms with Gasteiger partial charge in [0.15, 0.2) is 0 Å². The van der Waals surface area contributed by atoms with Gasteiger partial charge in [-0.2, -0.15) is 0 Å². The second-order valence-electron chi connectivity index (χ2n) is 6.77. The summed E-state index contributed by atoms with van der Waals surface area (Å²) in [5.74, 6) is -0.249. The largest absolute Gasteiger partial charge is 0.481 e. The fourth-order valence-electron chi connectivity index (χ4n) is 3.44. The first kappa shape index (κ1) is 15.9. The summed E-state index contributed by atoms with van der Waals surface area (Å²) in [5.41, 5.74) is 2.57. The number of anilines is 1. The van der Waals surface area contributed by atoms with Crippen molar-refractivity contribution >= 4 is 11.7 Å². The molecular weight excluding hydrogens is 262 g/mol. The molecule has 1 saturated carbocycles. The van der Waals surface area contributed by atoms with Crippen LogP contribution in [0.1, 0.15) is 63.0 Å². The molecule has 1 aliphatic rings. The quantitative estimate of drug-likeness (QED) is 0.904. The molecule has 21 heavy (non-hydrogen) atoms. The lowest BCUT2D eigenvalue weighted by Gasteiger charge is -2.36. The Balaban J connectivity index is 2.61. The van der Waals surface area contributed by atoms with Crippen LogP contribution in [0, 0.1) is 0 Å². The van der Waals surface area contributed by atoms with Gasteiger partial charge in [0.25, 0.3) is 0 Å². The molecule has 1 aromatic carbocycles. The van der Waals surface area contributed by atoms with E-state index >= 15 is 0 Å². The van der Waals surface area contributed by atoms with Gasteiger partial charge in [0.2, 0.25) is 0 Å². The van der Waals surface area contributed by atoms with Gasteiger partial charge in [-0.25, -0.2) is 0 Å². The van der Waals surface area contributed by atoms with Crippen LogP contribution >= 0.6 is 0 Å². The lowest BCUT2D eigenvalue weighted by molar-refractivity contribution is -0.145. The van der Waals surface area contributed by atoms with Gasteiger partial charge in [-0.3, -0.25) is 4.79 Å². The molecule has 0 aromatic heterocycles. The highest BCUT2D eigenvalue weighted by molar-refractivity contribution is 5.84. The van der Waals surface area contributed by atoms with E-state index in [4.69, 9.17) is 0 Å². The maximum atomic E-state index is 12.1. The molecule has 3 nitrogen and oxygen atoms in total. The number of benzene rings is 1. The molecule has 0 spiro atoms. The van der Waals surface area contributed by atoms with Gasteiger partial charge in [-0.05, 0) is 36.0 Å². The lowest BCUT2D eigenvalue weighted by Crippen LogP contribution is -2.39. The number of hydrogen-bond donors (Lipinski definition) is 1. The van der Waals surface area contributed by atoms with Crippen molar-refractivity contribution in [3.05, 3.63) is 29.3 Å². The number of carboxylic acid groups (broad SMARTS) is 1. The Morgan fingerprint density at radius 1 is 1.19 bits per heavy atom. The molecule has 0 radical (unpaired) electrons. The van der Waals surface area contributed by atoms with Crippen LogP contribution < -0.4 is 4.90 Å². The lowest BCUT2D eigenvalue weighted by atomic mass is 9.68. The zero-order valence-electron chi connectivity index (χ0n) is 13.6. The normalized spacial score (nSPS) is 17.8. The van der Waals surface area contributed by atoms with Crippen LogP contribution in [0.2, 0.25) is 0 Å². The maximum absolute atomic E-state index is 12.1. The zero-order valence-corrected chi connectivity index (χ0v) is 13.6. The minimum absolute atomic E-state index is 0.411. The van der Waals surface area contributed by atoms with Crippen molar-refractivity contribution in [3.8, 4) is 0 Å². The minimum atomic E-state index is -0.706. The molecule has 1 N–H and O–H groups in total. The van der Waals surface area contributed by atoms with Gasteiger partial charge in [0, 0.05) is 19.8 Å². The van der Waals surface area contributed by atoms with E-state index in [-0.39, 0.29) is 0 Å². The molecule has 0 bridgehead atoms. The van der Waals surface area contributed by atoms with Gasteiger partial charge < -0.3 is 10.0 Å². The predicted molar refractivity (Wildman–Crippen MR) is 87.3 cm³/mol. The average Bonchev–Trinajstić information content (AvgIpc) is 2.47. The molecule has 0 atom stereocenters. The van der Waals surface area contributed by atoms with Crippen molar-refractivity contribution in [2.24, 2.45) is 0 Å². The SMILES string of the molecule is CC(C)c1ccc(N(C)C)c(C2(C(=O)O)CCCCC2)c1. The first-order chi connectivity index (χ1) is 9.88. The van der Waals surface area contributed by atoms with Gasteiger partial charge >= 0.3 is 5.97 Å². The summed E-state index contributed by atoms with van der Waals surface area (Å²) < 4.78 is 0. The number of aliphatic carboxylic acids is 1. The van der Waals surface area contributed by atoms with E-state index in [0.29, 0.717) is 5.92 Å². The van der Waals surface area contributed by atoms with Crippen LogP contribution in [0.5, 0.6) is 0 Å². The Morgan fingerprint density at radius 3 is 2.29 bits per heavy atom. The van der Waals surface area contributed by atoms with E-state index in [1.54, 1.807) is 0 Å². The van der Waals surface area contributed by atoms with Crippen LogP contribution in [0.3, 0.4) is 0 Å². The summed E-state index contributed by atoms with van der Waals surface area (Å²) in [6.45, 7) is 4.31. The Morgan fingerprint density at radius 2 is 1.81 bits per heavy atom. The van der Waals surface area contributed by atoms with Crippen LogP contribution in [-0.4, -0.2) is 25.2 Å². The fourth-order valence-corrected chi connectivity index (χ4v) is 3.44. The smallest absolute Gasteiger partial charge is 0.314 e. The summed E-state index contributed by atoms with van der Waals surface area (Å²) in [7, 11) is 3.98. The molecule has 0 unspecified atom stereocenters. The third-order valence-corrected chi connectivity index (χ3v) is 4.80. The summed E-state index contributed by atoms with van der Waals surface area (Å²) >= 11 is 0. The van der Waals surface area contributed by atoms with Crippen LogP contribution in [0.25, 0.3) is 0 Å². The Hall–Kier alpha value is -1.51. The summed E-state index contributed by atoms with van der Waals surface area (Å²) in [6, 6.07) is 6.35. The second-order valence-corrected chi connectivity index (χ2v) is 6.77. The molecule has 2 rings (SSSR count). The van der Waals surface area contributed by atoms with Crippen molar-refractivity contribution in [2.45, 2.75) is 57.3 Å². The van der Waals surface area contributed by atoms with Crippen molar-refractivity contribution < 1.29 is 9.90 Å². The Kier molecular flexibility index (Phi) is 4.60. The molecule has 3 heteroatoms. The van der Waals surface area contributed by atoms with E-state index in [2.05, 4.69) is 32.0 Å². The first-order valence-corrected chi connectivity index (χ1v) is 7.93. The maximum Gasteiger partial charge on any atom is 0.314 e. The highest BCUT2D eigenvalue weighted by Gasteiger charge is 2.43. The number of rotatable bonds is 4. The van der Waals surface area contributed by atoms with E-state index < -0.39 is 11.4 Å². The third kappa shape index (κ3) is 2.92. The zero-order chi connectivity index (χ0) is 15.6. The first-order valence-electron chi connectivity index (χ1n) is 7.93. The fraction of sp³-hybridized carbons (Fsp3) is 0.611. The summed E-state index contributed by atoms with van der Waals surface area (Å²) in [4.78, 5) is 14.2. The van der Waals surface area contributed by atoms with Crippen molar-refractivity contribution in [1.82, 2.24) is 0 Å². The highest BCUT2D eigenvalue weighted by Crippen LogP contribution is 2.44. The second kappa shape index (κ2) is 6.08. The van der Waals surface area contributed by atoms with Gasteiger partial charge in [0.05, 0.1) is 5.41 Å². The molecule has 0 heterocycles. The number of hydrogen-bond acceptors (Lipinski definition) is 2. The van der Waals surface area contributed by atoms with Crippen molar-refractivity contribution in [1.29, 1.82) is 0 Å². The molecule has 1 aliphatic carbocycles. The van der Waals surface area contributed by atoms with Crippen LogP contribution in [0.15, 0.2) is 18.2 Å². The highest BCUT2D eigenvalue weighted by atomic mass is 16.4. The Labute approximate surface area is 128 Å². The van der Waals surface area contributed by atoms with Gasteiger partial charge in [-0.1, -0.05) is 45.2 Å². The minimum Gasteiger partial charge on any atom is -0.481 e. The van der Waals surface area contributed by atoms with E-state index in [1.165, 1.54) is 5.56 Å². The number of carbonyl (C=O) groups is 1. The monoisotopic (exact) mass is 289 g/mol. The number of nitrogens with zero attached hydrogens (tertiary/aromatic N) is 1. The van der Waals surface area contributed by atoms with E-state index in [1.807, 2.05) is 19.0 Å². The number of carboxylic acids is 1. The summed E-state index contributed by atoms with van der Waals surface area (Å²) in [5, 5.41) is 9.96. The van der Waals surface area contributed by atoms with E-state index in [9.17, 15) is 9.90 Å². The van der Waals surface area contributed by atoms with Crippen molar-refractivity contribution in [3.63, 3.8) is 0 Å². The standard InChI is InChI=1S/C18H27NO2/c1-13(2)14-8-9-16(19(3)4)15(12-14)18(17(20)21)10-6-5-7-11-18/h8-9,12-13H,5-7,10-11H2,1-4H3,(H,20,21). The molecule has 0 saturated heterocycles. The molecule has 1 aromatic rings. The van der Waals surface area contributed by atoms with Crippen LogP contribution in [-0.2, 0) is 10.2 Å². The molecule has 1 fully saturated rings. The molecular formula is C18H27NO2. The average molecular weight is 289 g/mol. The Bertz CT molecular complexity index is 514. The van der Waals surface area contributed by atoms with Gasteiger partial charge in [0.1, 0.15) is 0 Å².